The molecule has 0 radical (unpaired) electrons. The molecule has 4 rings (SSSR count). The first-order valence-electron chi connectivity index (χ1n) is 8.14. The Balaban J connectivity index is 1.92. The van der Waals surface area contributed by atoms with Crippen LogP contribution in [0.25, 0.3) is 5.57 Å². The Hall–Kier alpha value is -3.04. The van der Waals surface area contributed by atoms with Gasteiger partial charge in [-0.25, -0.2) is 0 Å². The Morgan fingerprint density at radius 2 is 1.64 bits per heavy atom. The lowest BCUT2D eigenvalue weighted by molar-refractivity contribution is 0.316. The van der Waals surface area contributed by atoms with Crippen LogP contribution in [0.3, 0.4) is 0 Å². The van der Waals surface area contributed by atoms with E-state index in [9.17, 15) is 16.8 Å². The molecule has 0 unspecified atom stereocenters. The minimum absolute atomic E-state index is 0.0439. The monoisotopic (exact) mass is 414 g/mol. The van der Waals surface area contributed by atoms with Crippen molar-refractivity contribution in [1.29, 1.82) is 0 Å². The molecule has 28 heavy (non-hydrogen) atoms. The molecular weight excluding hydrogens is 400 g/mol. The molecule has 2 aromatic carbocycles. The molecule has 0 atom stereocenters. The quantitative estimate of drug-likeness (QED) is 0.719. The molecule has 0 amide bonds. The van der Waals surface area contributed by atoms with Crippen LogP contribution in [0.15, 0.2) is 91.1 Å². The van der Waals surface area contributed by atoms with Gasteiger partial charge in [0.15, 0.2) is 0 Å². The average molecular weight is 414 g/mol. The fourth-order valence-electron chi connectivity index (χ4n) is 2.95. The summed E-state index contributed by atoms with van der Waals surface area (Å²) in [7, 11) is -6.48. The molecule has 0 bridgehead atoms. The molecule has 0 fully saturated rings. The molecule has 1 aliphatic heterocycles. The van der Waals surface area contributed by atoms with E-state index in [0.29, 0.717) is 11.1 Å². The lowest BCUT2D eigenvalue weighted by atomic mass is 9.94. The highest BCUT2D eigenvalue weighted by molar-refractivity contribution is 7.90. The number of hydrogen-bond donors (Lipinski definition) is 0. The van der Waals surface area contributed by atoms with E-state index >= 15 is 0 Å². The summed E-state index contributed by atoms with van der Waals surface area (Å²) in [6.07, 6.45) is 2.85. The van der Waals surface area contributed by atoms with Crippen LogP contribution in [0.2, 0.25) is 0 Å². The van der Waals surface area contributed by atoms with Crippen molar-refractivity contribution in [3.05, 3.63) is 78.1 Å². The van der Waals surface area contributed by atoms with E-state index in [2.05, 4.69) is 8.80 Å². The van der Waals surface area contributed by atoms with E-state index < -0.39 is 20.0 Å². The number of fused-ring (bicyclic) bond motifs is 3. The molecule has 0 saturated carbocycles. The molecule has 0 aromatic heterocycles. The summed E-state index contributed by atoms with van der Waals surface area (Å²) in [6.45, 7) is 0. The predicted molar refractivity (Wildman–Crippen MR) is 105 cm³/mol. The van der Waals surface area contributed by atoms with Gasteiger partial charge in [0.05, 0.1) is 22.6 Å². The van der Waals surface area contributed by atoms with E-state index in [-0.39, 0.29) is 27.0 Å². The molecule has 142 valence electrons. The number of benzene rings is 2. The van der Waals surface area contributed by atoms with Crippen molar-refractivity contribution < 1.29 is 21.6 Å². The van der Waals surface area contributed by atoms with Crippen LogP contribution < -0.4 is 0 Å². The first kappa shape index (κ1) is 18.3. The number of methoxy groups -OCH3 is 1. The number of hydrogen-bond acceptors (Lipinski definition) is 5. The molecule has 1 heterocycles. The molecule has 0 N–H and O–H groups in total. The van der Waals surface area contributed by atoms with Gasteiger partial charge in [-0.3, -0.25) is 0 Å². The summed E-state index contributed by atoms with van der Waals surface area (Å²) >= 11 is 0. The van der Waals surface area contributed by atoms with Crippen LogP contribution in [0, 0.1) is 0 Å². The fraction of sp³-hybridized carbons (Fsp3) is 0.0526. The number of allylic oxidation sites excluding steroid dienone is 3. The molecule has 1 aliphatic carbocycles. The smallest absolute Gasteiger partial charge is 0.283 e. The average Bonchev–Trinajstić information content (AvgIpc) is 2.68. The number of nitrogens with zero attached hydrogens (tertiary/aromatic N) is 2. The minimum Gasteiger partial charge on any atom is -0.494 e. The van der Waals surface area contributed by atoms with Crippen molar-refractivity contribution >= 4 is 37.0 Å². The van der Waals surface area contributed by atoms with Gasteiger partial charge < -0.3 is 4.74 Å². The van der Waals surface area contributed by atoms with Gasteiger partial charge in [-0.15, -0.1) is 0 Å². The Labute approximate surface area is 162 Å². The highest BCUT2D eigenvalue weighted by Gasteiger charge is 2.31. The summed E-state index contributed by atoms with van der Waals surface area (Å²) in [5.41, 5.74) is 1.14. The molecule has 0 spiro atoms. The third-order valence-electron chi connectivity index (χ3n) is 4.23. The van der Waals surface area contributed by atoms with Crippen molar-refractivity contribution in [1.82, 2.24) is 0 Å². The minimum atomic E-state index is -3.98. The number of ether oxygens (including phenoxy) is 1. The van der Waals surface area contributed by atoms with Gasteiger partial charge in [-0.05, 0) is 24.3 Å². The summed E-state index contributed by atoms with van der Waals surface area (Å²) in [5.74, 6) is 0.108. The van der Waals surface area contributed by atoms with E-state index in [0.717, 1.165) is 0 Å². The van der Waals surface area contributed by atoms with E-state index in [1.54, 1.807) is 36.4 Å². The van der Waals surface area contributed by atoms with Crippen molar-refractivity contribution in [2.45, 2.75) is 9.79 Å². The number of sulfonamides is 2. The summed E-state index contributed by atoms with van der Waals surface area (Å²) in [4.78, 5) is 0.104. The SMILES string of the molecule is COC1=CC2=NS(=O)(=O)c3ccccc3C2=CC1=NS(=O)(=O)c1ccccc1. The summed E-state index contributed by atoms with van der Waals surface area (Å²) in [5, 5.41) is 0. The zero-order valence-corrected chi connectivity index (χ0v) is 16.2. The third-order valence-corrected chi connectivity index (χ3v) is 6.88. The van der Waals surface area contributed by atoms with Gasteiger partial charge in [-0.2, -0.15) is 25.6 Å². The second kappa shape index (κ2) is 6.54. The first-order chi connectivity index (χ1) is 13.3. The van der Waals surface area contributed by atoms with Crippen molar-refractivity contribution in [3.63, 3.8) is 0 Å². The topological polar surface area (TPSA) is 102 Å². The van der Waals surface area contributed by atoms with Crippen molar-refractivity contribution in [2.75, 3.05) is 7.11 Å². The van der Waals surface area contributed by atoms with E-state index in [4.69, 9.17) is 4.74 Å². The zero-order chi connectivity index (χ0) is 19.9. The summed E-state index contributed by atoms with van der Waals surface area (Å²) < 4.78 is 63.1. The molecule has 2 aliphatic rings. The van der Waals surface area contributed by atoms with Crippen LogP contribution in [0.5, 0.6) is 0 Å². The van der Waals surface area contributed by atoms with E-state index in [1.807, 2.05) is 0 Å². The highest BCUT2D eigenvalue weighted by atomic mass is 32.2. The maximum absolute atomic E-state index is 12.6. The molecule has 9 heteroatoms. The van der Waals surface area contributed by atoms with Crippen LogP contribution in [0.1, 0.15) is 5.56 Å². The van der Waals surface area contributed by atoms with Crippen LogP contribution in [0.4, 0.5) is 0 Å². The van der Waals surface area contributed by atoms with Crippen LogP contribution in [-0.4, -0.2) is 35.4 Å². The lowest BCUT2D eigenvalue weighted by Gasteiger charge is -2.22. The Kier molecular flexibility index (Phi) is 4.28. The van der Waals surface area contributed by atoms with E-state index in [1.165, 1.54) is 37.5 Å². The lowest BCUT2D eigenvalue weighted by Crippen LogP contribution is -2.21. The molecule has 2 aromatic rings. The maximum Gasteiger partial charge on any atom is 0.283 e. The van der Waals surface area contributed by atoms with Gasteiger partial charge in [0, 0.05) is 17.2 Å². The molecule has 7 nitrogen and oxygen atoms in total. The standard InChI is InChI=1S/C19H14N2O5S2/c1-26-18-12-16-15(14-9-5-6-10-19(14)28(24,25)20-16)11-17(18)21-27(22,23)13-7-3-2-4-8-13/h2-12H,1H3. The second-order valence-electron chi connectivity index (χ2n) is 5.98. The van der Waals surface area contributed by atoms with Crippen LogP contribution in [-0.2, 0) is 24.8 Å². The Morgan fingerprint density at radius 1 is 0.964 bits per heavy atom. The molecular formula is C19H14N2O5S2. The van der Waals surface area contributed by atoms with Gasteiger partial charge >= 0.3 is 0 Å². The Morgan fingerprint density at radius 3 is 2.36 bits per heavy atom. The van der Waals surface area contributed by atoms with Crippen LogP contribution >= 0.6 is 0 Å². The van der Waals surface area contributed by atoms with Crippen molar-refractivity contribution in [2.24, 2.45) is 8.80 Å². The number of rotatable bonds is 3. The first-order valence-corrected chi connectivity index (χ1v) is 11.0. The highest BCUT2D eigenvalue weighted by Crippen LogP contribution is 2.34. The zero-order valence-electron chi connectivity index (χ0n) is 14.6. The maximum atomic E-state index is 12.6. The largest absolute Gasteiger partial charge is 0.494 e. The fourth-order valence-corrected chi connectivity index (χ4v) is 5.17. The molecule has 0 saturated heterocycles. The van der Waals surface area contributed by atoms with Gasteiger partial charge in [0.2, 0.25) is 0 Å². The summed E-state index contributed by atoms with van der Waals surface area (Å²) in [6, 6.07) is 14.2. The van der Waals surface area contributed by atoms with Gasteiger partial charge in [0.25, 0.3) is 20.0 Å². The Bertz CT molecular complexity index is 1300. The van der Waals surface area contributed by atoms with Crippen molar-refractivity contribution in [3.8, 4) is 0 Å². The van der Waals surface area contributed by atoms with Gasteiger partial charge in [-0.1, -0.05) is 36.4 Å². The second-order valence-corrected chi connectivity index (χ2v) is 9.16. The normalized spacial score (nSPS) is 19.0. The third kappa shape index (κ3) is 3.08. The predicted octanol–water partition coefficient (Wildman–Crippen LogP) is 2.59. The van der Waals surface area contributed by atoms with Gasteiger partial charge in [0.1, 0.15) is 11.5 Å².